The Hall–Kier alpha value is -1.45. The van der Waals surface area contributed by atoms with Crippen LogP contribution >= 0.6 is 23.2 Å². The van der Waals surface area contributed by atoms with E-state index in [4.69, 9.17) is 32.7 Å². The second kappa shape index (κ2) is 6.21. The first-order chi connectivity index (χ1) is 10.9. The highest BCUT2D eigenvalue weighted by Crippen LogP contribution is 2.33. The van der Waals surface area contributed by atoms with Crippen molar-refractivity contribution >= 4 is 40.2 Å². The van der Waals surface area contributed by atoms with Gasteiger partial charge in [0, 0.05) is 11.9 Å². The number of rotatable bonds is 3. The van der Waals surface area contributed by atoms with Crippen LogP contribution in [-0.2, 0) is 14.3 Å². The monoisotopic (exact) mass is 361 g/mol. The fourth-order valence-corrected chi connectivity index (χ4v) is 2.94. The van der Waals surface area contributed by atoms with Crippen LogP contribution in [0, 0.1) is 0 Å². The molecule has 0 bridgehead atoms. The number of hydrogen-bond donors (Lipinski definition) is 2. The lowest BCUT2D eigenvalue weighted by atomic mass is 10.1. The molecule has 0 spiro atoms. The highest BCUT2D eigenvalue weighted by Gasteiger charge is 2.45. The summed E-state index contributed by atoms with van der Waals surface area (Å²) in [7, 11) is 0. The average Bonchev–Trinajstić information content (AvgIpc) is 3.00. The van der Waals surface area contributed by atoms with Gasteiger partial charge in [0.2, 0.25) is 0 Å². The van der Waals surface area contributed by atoms with E-state index in [1.165, 1.54) is 17.7 Å². The summed E-state index contributed by atoms with van der Waals surface area (Å²) in [6.45, 7) is 1.06. The van der Waals surface area contributed by atoms with Gasteiger partial charge in [-0.3, -0.25) is 4.79 Å². The van der Waals surface area contributed by atoms with Crippen LogP contribution in [0.3, 0.4) is 0 Å². The summed E-state index contributed by atoms with van der Waals surface area (Å²) in [6, 6.07) is 3.10. The quantitative estimate of drug-likeness (QED) is 0.782. The molecule has 2 aromatic rings. The SMILES string of the molecule is CC(=O)OC[C@H]1O[C@@H](n2nnc3c(Cl)cc(Cl)cc32)[C@H](O)[C@H]1O. The minimum atomic E-state index is -1.28. The molecular formula is C13H13Cl2N3O5. The maximum atomic E-state index is 10.9. The van der Waals surface area contributed by atoms with Gasteiger partial charge in [-0.1, -0.05) is 28.4 Å². The Morgan fingerprint density at radius 2 is 2.13 bits per heavy atom. The van der Waals surface area contributed by atoms with E-state index < -0.39 is 30.5 Å². The van der Waals surface area contributed by atoms with Gasteiger partial charge in [-0.25, -0.2) is 4.68 Å². The molecule has 1 aromatic carbocycles. The Morgan fingerprint density at radius 3 is 2.83 bits per heavy atom. The summed E-state index contributed by atoms with van der Waals surface area (Å²) in [5.74, 6) is -0.511. The zero-order valence-electron chi connectivity index (χ0n) is 11.9. The number of halogens is 2. The molecule has 1 fully saturated rings. The number of carbonyl (C=O) groups is 1. The molecule has 0 aliphatic carbocycles. The molecule has 1 aliphatic rings. The van der Waals surface area contributed by atoms with Crippen molar-refractivity contribution in [2.75, 3.05) is 6.61 Å². The van der Waals surface area contributed by atoms with Gasteiger partial charge in [0.1, 0.15) is 30.4 Å². The Balaban J connectivity index is 1.91. The van der Waals surface area contributed by atoms with E-state index in [1.807, 2.05) is 0 Å². The third-order valence-corrected chi connectivity index (χ3v) is 4.03. The van der Waals surface area contributed by atoms with Crippen LogP contribution in [0.15, 0.2) is 12.1 Å². The summed E-state index contributed by atoms with van der Waals surface area (Å²) in [5.41, 5.74) is 0.844. The van der Waals surface area contributed by atoms with Crippen molar-refractivity contribution in [1.29, 1.82) is 0 Å². The predicted octanol–water partition coefficient (Wildman–Crippen LogP) is 0.920. The number of esters is 1. The summed E-state index contributed by atoms with van der Waals surface area (Å²) < 4.78 is 11.7. The van der Waals surface area contributed by atoms with Crippen molar-refractivity contribution < 1.29 is 24.5 Å². The molecule has 1 aliphatic heterocycles. The van der Waals surface area contributed by atoms with Crippen molar-refractivity contribution in [2.45, 2.75) is 31.5 Å². The van der Waals surface area contributed by atoms with E-state index in [2.05, 4.69) is 10.3 Å². The van der Waals surface area contributed by atoms with Crippen molar-refractivity contribution in [2.24, 2.45) is 0 Å². The average molecular weight is 362 g/mol. The minimum Gasteiger partial charge on any atom is -0.463 e. The maximum absolute atomic E-state index is 10.9. The van der Waals surface area contributed by atoms with Gasteiger partial charge < -0.3 is 19.7 Å². The number of nitrogens with zero attached hydrogens (tertiary/aromatic N) is 3. The van der Waals surface area contributed by atoms with Crippen LogP contribution in [0.5, 0.6) is 0 Å². The molecule has 4 atom stereocenters. The largest absolute Gasteiger partial charge is 0.463 e. The highest BCUT2D eigenvalue weighted by atomic mass is 35.5. The van der Waals surface area contributed by atoms with Gasteiger partial charge >= 0.3 is 5.97 Å². The lowest BCUT2D eigenvalue weighted by Gasteiger charge is -2.15. The Morgan fingerprint density at radius 1 is 1.39 bits per heavy atom. The number of hydrogen-bond acceptors (Lipinski definition) is 7. The molecule has 0 amide bonds. The third kappa shape index (κ3) is 3.00. The first-order valence-corrected chi connectivity index (χ1v) is 7.49. The molecule has 10 heteroatoms. The molecule has 3 rings (SSSR count). The number of benzene rings is 1. The van der Waals surface area contributed by atoms with E-state index >= 15 is 0 Å². The van der Waals surface area contributed by atoms with Crippen LogP contribution in [0.2, 0.25) is 10.0 Å². The minimum absolute atomic E-state index is 0.182. The number of ether oxygens (including phenoxy) is 2. The molecule has 1 aromatic heterocycles. The van der Waals surface area contributed by atoms with E-state index in [9.17, 15) is 15.0 Å². The first kappa shape index (κ1) is 16.4. The zero-order chi connectivity index (χ0) is 16.7. The number of aliphatic hydroxyl groups is 2. The molecule has 0 radical (unpaired) electrons. The van der Waals surface area contributed by atoms with Crippen molar-refractivity contribution in [3.63, 3.8) is 0 Å². The molecular weight excluding hydrogens is 349 g/mol. The summed E-state index contributed by atoms with van der Waals surface area (Å²) >= 11 is 12.0. The molecule has 2 heterocycles. The highest BCUT2D eigenvalue weighted by molar-refractivity contribution is 6.38. The van der Waals surface area contributed by atoms with Crippen molar-refractivity contribution in [3.05, 3.63) is 22.2 Å². The lowest BCUT2D eigenvalue weighted by Crippen LogP contribution is -2.34. The van der Waals surface area contributed by atoms with E-state index in [0.29, 0.717) is 21.1 Å². The predicted molar refractivity (Wildman–Crippen MR) is 80.1 cm³/mol. The maximum Gasteiger partial charge on any atom is 0.302 e. The van der Waals surface area contributed by atoms with Crippen LogP contribution < -0.4 is 0 Å². The fraction of sp³-hybridized carbons (Fsp3) is 0.462. The smallest absolute Gasteiger partial charge is 0.302 e. The molecule has 2 N–H and O–H groups in total. The summed E-state index contributed by atoms with van der Waals surface area (Å²) in [4.78, 5) is 10.9. The molecule has 0 unspecified atom stereocenters. The molecule has 23 heavy (non-hydrogen) atoms. The molecule has 0 saturated carbocycles. The van der Waals surface area contributed by atoms with Crippen LogP contribution in [0.4, 0.5) is 0 Å². The van der Waals surface area contributed by atoms with Gasteiger partial charge in [-0.15, -0.1) is 5.10 Å². The zero-order valence-corrected chi connectivity index (χ0v) is 13.4. The van der Waals surface area contributed by atoms with Crippen LogP contribution in [-0.4, -0.2) is 56.1 Å². The van der Waals surface area contributed by atoms with Gasteiger partial charge in [0.05, 0.1) is 10.5 Å². The lowest BCUT2D eigenvalue weighted by molar-refractivity contribution is -0.147. The van der Waals surface area contributed by atoms with Gasteiger partial charge in [0.25, 0.3) is 0 Å². The van der Waals surface area contributed by atoms with E-state index in [-0.39, 0.29) is 6.61 Å². The van der Waals surface area contributed by atoms with Crippen LogP contribution in [0.1, 0.15) is 13.2 Å². The summed E-state index contributed by atoms with van der Waals surface area (Å²) in [5, 5.41) is 28.8. The van der Waals surface area contributed by atoms with E-state index in [1.54, 1.807) is 6.07 Å². The van der Waals surface area contributed by atoms with Gasteiger partial charge in [-0.05, 0) is 12.1 Å². The topological polar surface area (TPSA) is 107 Å². The third-order valence-electron chi connectivity index (χ3n) is 3.53. The Bertz CT molecular complexity index is 753. The number of aliphatic hydroxyl groups excluding tert-OH is 2. The summed E-state index contributed by atoms with van der Waals surface area (Å²) in [6.07, 6.45) is -4.41. The number of aromatic nitrogens is 3. The number of fused-ring (bicyclic) bond motifs is 1. The fourth-order valence-electron chi connectivity index (χ4n) is 2.42. The molecule has 1 saturated heterocycles. The standard InChI is InChI=1S/C13H13Cl2N3O5/c1-5(19)22-4-9-11(20)12(21)13(23-9)18-8-3-6(14)2-7(15)10(8)16-17-18/h2-3,9,11-13,20-21H,4H2,1H3/t9-,11+,12-,13-/m1/s1. The molecule has 124 valence electrons. The van der Waals surface area contributed by atoms with Crippen LogP contribution in [0.25, 0.3) is 11.0 Å². The van der Waals surface area contributed by atoms with E-state index in [0.717, 1.165) is 0 Å². The Labute approximate surface area is 140 Å². The second-order valence-electron chi connectivity index (χ2n) is 5.14. The van der Waals surface area contributed by atoms with Crippen molar-refractivity contribution in [3.8, 4) is 0 Å². The molecule has 8 nitrogen and oxygen atoms in total. The second-order valence-corrected chi connectivity index (χ2v) is 5.98. The van der Waals surface area contributed by atoms with Crippen molar-refractivity contribution in [1.82, 2.24) is 15.0 Å². The number of carbonyl (C=O) groups excluding carboxylic acids is 1. The van der Waals surface area contributed by atoms with Gasteiger partial charge in [-0.2, -0.15) is 0 Å². The van der Waals surface area contributed by atoms with Gasteiger partial charge in [0.15, 0.2) is 6.23 Å². The normalized spacial score (nSPS) is 27.5. The Kier molecular flexibility index (Phi) is 4.43. The first-order valence-electron chi connectivity index (χ1n) is 6.73.